The van der Waals surface area contributed by atoms with Crippen LogP contribution in [0.1, 0.15) is 114 Å². The molecule has 0 aliphatic carbocycles. The third-order valence-electron chi connectivity index (χ3n) is 11.7. The first-order valence-corrected chi connectivity index (χ1v) is 16.9. The molecule has 3 aliphatic rings. The average Bonchev–Trinajstić information content (AvgIpc) is 3.46. The summed E-state index contributed by atoms with van der Waals surface area (Å²) >= 11 is 0. The first-order chi connectivity index (χ1) is 20.4. The van der Waals surface area contributed by atoms with Gasteiger partial charge in [0.05, 0.1) is 42.5 Å². The molecule has 44 heavy (non-hydrogen) atoms. The minimum Gasteiger partial charge on any atom is -0.392 e. The minimum atomic E-state index is -1.63. The number of hydrogen-bond donors (Lipinski definition) is 4. The van der Waals surface area contributed by atoms with Crippen LogP contribution in [0.5, 0.6) is 0 Å². The van der Waals surface area contributed by atoms with E-state index < -0.39 is 65.1 Å². The highest BCUT2D eigenvalue weighted by Gasteiger charge is 2.67. The number of ketones is 1. The molecule has 0 saturated carbocycles. The SMILES string of the molecule is CC[C@H](C(=O)[C@@H](C)[C@@H](O)C(C)[C@H]1O[C@@H](CC(=O)OO)[C@H](C)C[C@@H]1C)C1O[C@](C)([C@]2(O)O[C@@](CC)([C@@H](O)CC)C[C@H]2C)C[C@@H]1C. The van der Waals surface area contributed by atoms with E-state index in [0.29, 0.717) is 32.1 Å². The van der Waals surface area contributed by atoms with Crippen LogP contribution in [-0.2, 0) is 28.7 Å². The molecule has 0 bridgehead atoms. The first-order valence-electron chi connectivity index (χ1n) is 16.9. The van der Waals surface area contributed by atoms with Gasteiger partial charge in [-0.05, 0) is 63.2 Å². The van der Waals surface area contributed by atoms with E-state index in [9.17, 15) is 24.9 Å². The molecule has 0 aromatic heterocycles. The molecule has 15 atom stereocenters. The molecule has 3 heterocycles. The third-order valence-corrected chi connectivity index (χ3v) is 11.7. The number of rotatable bonds is 13. The number of aliphatic hydroxyl groups excluding tert-OH is 2. The summed E-state index contributed by atoms with van der Waals surface area (Å²) in [6.45, 7) is 19.3. The lowest BCUT2D eigenvalue weighted by atomic mass is 9.74. The molecule has 0 amide bonds. The van der Waals surface area contributed by atoms with Gasteiger partial charge in [0.25, 0.3) is 0 Å². The predicted molar refractivity (Wildman–Crippen MR) is 164 cm³/mol. The van der Waals surface area contributed by atoms with Crippen molar-refractivity contribution in [3.63, 3.8) is 0 Å². The summed E-state index contributed by atoms with van der Waals surface area (Å²) < 4.78 is 19.4. The van der Waals surface area contributed by atoms with Crippen molar-refractivity contribution in [2.45, 2.75) is 162 Å². The summed E-state index contributed by atoms with van der Waals surface area (Å²) in [6.07, 6.45) is 0.237. The van der Waals surface area contributed by atoms with Crippen molar-refractivity contribution in [2.75, 3.05) is 0 Å². The standard InChI is InChI=1S/C34H60O10/c1-11-24(29(38)22(8)28(37)23(9)30-19(5)14-18(4)25(41-30)15-27(36)43-40)31-20(6)16-32(10,42-31)34(39)21(7)17-33(13-3,44-34)26(35)12-2/h18-26,28,30-31,35,37,39-40H,11-17H2,1-10H3/t18-,19+,20+,21-,22+,23?,24-,25+,26+,28-,30+,31?,32+,33-,34-/m1/s1. The van der Waals surface area contributed by atoms with Crippen LogP contribution in [0.2, 0.25) is 0 Å². The van der Waals surface area contributed by atoms with Crippen molar-refractivity contribution < 1.29 is 49.3 Å². The van der Waals surface area contributed by atoms with Crippen molar-refractivity contribution in [1.29, 1.82) is 0 Å². The second-order valence-electron chi connectivity index (χ2n) is 14.8. The molecular weight excluding hydrogens is 568 g/mol. The van der Waals surface area contributed by atoms with Crippen LogP contribution in [-0.4, -0.2) is 79.8 Å². The zero-order chi connectivity index (χ0) is 33.4. The van der Waals surface area contributed by atoms with Crippen LogP contribution in [0.4, 0.5) is 0 Å². The highest BCUT2D eigenvalue weighted by Crippen LogP contribution is 2.56. The smallest absolute Gasteiger partial charge is 0.344 e. The molecular formula is C34H60O10. The number of Topliss-reactive ketones (excluding diaryl/α,β-unsaturated/α-hetero) is 1. The van der Waals surface area contributed by atoms with Gasteiger partial charge in [0.1, 0.15) is 11.4 Å². The number of hydrogen-bond acceptors (Lipinski definition) is 10. The monoisotopic (exact) mass is 628 g/mol. The Hall–Kier alpha value is -1.14. The van der Waals surface area contributed by atoms with Crippen LogP contribution >= 0.6 is 0 Å². The van der Waals surface area contributed by atoms with Crippen LogP contribution in [0.15, 0.2) is 0 Å². The Morgan fingerprint density at radius 3 is 2.14 bits per heavy atom. The zero-order valence-corrected chi connectivity index (χ0v) is 28.6. The highest BCUT2D eigenvalue weighted by molar-refractivity contribution is 5.84. The topological polar surface area (TPSA) is 152 Å². The molecule has 2 unspecified atom stereocenters. The van der Waals surface area contributed by atoms with Gasteiger partial charge in [0, 0.05) is 23.7 Å². The normalized spacial score (nSPS) is 42.8. The average molecular weight is 629 g/mol. The molecule has 10 heteroatoms. The molecule has 3 rings (SSSR count). The number of carbonyl (C=O) groups excluding carboxylic acids is 2. The molecule has 256 valence electrons. The van der Waals surface area contributed by atoms with Gasteiger partial charge < -0.3 is 34.4 Å². The molecule has 0 aromatic carbocycles. The summed E-state index contributed by atoms with van der Waals surface area (Å²) in [5.74, 6) is -4.28. The van der Waals surface area contributed by atoms with E-state index in [0.717, 1.165) is 6.42 Å². The quantitative estimate of drug-likeness (QED) is 0.164. The van der Waals surface area contributed by atoms with E-state index in [4.69, 9.17) is 19.5 Å². The van der Waals surface area contributed by atoms with E-state index in [1.807, 2.05) is 62.3 Å². The maximum atomic E-state index is 14.1. The van der Waals surface area contributed by atoms with Crippen LogP contribution in [0.3, 0.4) is 0 Å². The molecule has 4 N–H and O–H groups in total. The first kappa shape index (κ1) is 37.3. The summed E-state index contributed by atoms with van der Waals surface area (Å²) in [5, 5.41) is 43.2. The van der Waals surface area contributed by atoms with Crippen LogP contribution in [0.25, 0.3) is 0 Å². The minimum absolute atomic E-state index is 0.0570. The van der Waals surface area contributed by atoms with E-state index in [1.165, 1.54) is 0 Å². The summed E-state index contributed by atoms with van der Waals surface area (Å²) in [5.41, 5.74) is -1.95. The van der Waals surface area contributed by atoms with E-state index in [-0.39, 0.29) is 42.0 Å². The molecule has 3 fully saturated rings. The zero-order valence-electron chi connectivity index (χ0n) is 28.6. The Morgan fingerprint density at radius 2 is 1.59 bits per heavy atom. The van der Waals surface area contributed by atoms with Gasteiger partial charge in [0.15, 0.2) is 5.79 Å². The fourth-order valence-electron chi connectivity index (χ4n) is 8.86. The summed E-state index contributed by atoms with van der Waals surface area (Å²) in [7, 11) is 0. The number of ether oxygens (including phenoxy) is 3. The van der Waals surface area contributed by atoms with Gasteiger partial charge in [-0.2, -0.15) is 5.26 Å². The summed E-state index contributed by atoms with van der Waals surface area (Å²) in [4.78, 5) is 29.7. The molecule has 0 radical (unpaired) electrons. The van der Waals surface area contributed by atoms with E-state index in [1.54, 1.807) is 6.92 Å². The largest absolute Gasteiger partial charge is 0.392 e. The Labute approximate surface area is 264 Å². The Morgan fingerprint density at radius 1 is 0.955 bits per heavy atom. The lowest BCUT2D eigenvalue weighted by Gasteiger charge is -2.44. The van der Waals surface area contributed by atoms with Crippen molar-refractivity contribution in [3.05, 3.63) is 0 Å². The lowest BCUT2D eigenvalue weighted by molar-refractivity contribution is -0.332. The van der Waals surface area contributed by atoms with Crippen LogP contribution in [0, 0.1) is 41.4 Å². The van der Waals surface area contributed by atoms with Crippen molar-refractivity contribution >= 4 is 11.8 Å². The fraction of sp³-hybridized carbons (Fsp3) is 0.941. The van der Waals surface area contributed by atoms with Crippen molar-refractivity contribution in [1.82, 2.24) is 0 Å². The van der Waals surface area contributed by atoms with Crippen molar-refractivity contribution in [3.8, 4) is 0 Å². The van der Waals surface area contributed by atoms with Gasteiger partial charge >= 0.3 is 5.97 Å². The Balaban J connectivity index is 1.76. The van der Waals surface area contributed by atoms with Crippen molar-refractivity contribution in [2.24, 2.45) is 41.4 Å². The Bertz CT molecular complexity index is 991. The van der Waals surface area contributed by atoms with E-state index >= 15 is 0 Å². The second-order valence-corrected chi connectivity index (χ2v) is 14.8. The van der Waals surface area contributed by atoms with Gasteiger partial charge in [-0.1, -0.05) is 62.3 Å². The molecule has 3 aliphatic heterocycles. The van der Waals surface area contributed by atoms with Gasteiger partial charge in [-0.3, -0.25) is 4.79 Å². The number of aliphatic hydroxyl groups is 3. The van der Waals surface area contributed by atoms with Crippen LogP contribution < -0.4 is 0 Å². The lowest BCUT2D eigenvalue weighted by Crippen LogP contribution is -2.57. The van der Waals surface area contributed by atoms with Gasteiger partial charge in [-0.25, -0.2) is 4.79 Å². The maximum Gasteiger partial charge on any atom is 0.344 e. The third kappa shape index (κ3) is 6.78. The van der Waals surface area contributed by atoms with E-state index in [2.05, 4.69) is 4.89 Å². The maximum absolute atomic E-state index is 14.1. The number of carbonyl (C=O) groups is 2. The van der Waals surface area contributed by atoms with Gasteiger partial charge in [-0.15, -0.1) is 0 Å². The Kier molecular flexibility index (Phi) is 12.1. The fourth-order valence-corrected chi connectivity index (χ4v) is 8.86. The second kappa shape index (κ2) is 14.3. The molecule has 0 spiro atoms. The molecule has 3 saturated heterocycles. The molecule has 0 aromatic rings. The summed E-state index contributed by atoms with van der Waals surface area (Å²) in [6, 6.07) is 0. The molecule has 10 nitrogen and oxygen atoms in total. The predicted octanol–water partition coefficient (Wildman–Crippen LogP) is 4.90. The van der Waals surface area contributed by atoms with Gasteiger partial charge in [0.2, 0.25) is 0 Å². The highest BCUT2D eigenvalue weighted by atomic mass is 17.1.